The maximum Gasteiger partial charge on any atom is 0.219 e. The molecule has 0 spiro atoms. The summed E-state index contributed by atoms with van der Waals surface area (Å²) in [5.41, 5.74) is 0.803. The maximum absolute atomic E-state index is 11.0. The van der Waals surface area contributed by atoms with Crippen LogP contribution in [-0.4, -0.2) is 15.9 Å². The van der Waals surface area contributed by atoms with Crippen LogP contribution in [0.3, 0.4) is 0 Å². The predicted molar refractivity (Wildman–Crippen MR) is 85.2 cm³/mol. The molecule has 0 radical (unpaired) electrons. The van der Waals surface area contributed by atoms with Crippen molar-refractivity contribution in [3.63, 3.8) is 0 Å². The number of carbonyl (C=O) groups is 1. The van der Waals surface area contributed by atoms with Crippen LogP contribution in [0.15, 0.2) is 60.4 Å². The summed E-state index contributed by atoms with van der Waals surface area (Å²) in [6, 6.07) is 15.0. The zero-order valence-corrected chi connectivity index (χ0v) is 12.7. The lowest BCUT2D eigenvalue weighted by atomic mass is 10.0. The van der Waals surface area contributed by atoms with E-state index >= 15 is 0 Å². The zero-order chi connectivity index (χ0) is 15.9. The average Bonchev–Trinajstić information content (AvgIpc) is 2.47. The fraction of sp³-hybridized carbons (Fsp3) is 0.222. The van der Waals surface area contributed by atoms with Crippen LogP contribution in [0.5, 0.6) is 11.6 Å². The summed E-state index contributed by atoms with van der Waals surface area (Å²) in [7, 11) is 0. The summed E-state index contributed by atoms with van der Waals surface area (Å²) in [6.07, 6.45) is 1.60. The number of para-hydroxylation sites is 1. The molecule has 4 nitrogen and oxygen atoms in total. The largest absolute Gasteiger partial charge is 0.512 e. The van der Waals surface area contributed by atoms with Crippen LogP contribution in [0.4, 0.5) is 0 Å². The number of allylic oxidation sites excluding steroid dienone is 2. The Kier molecular flexibility index (Phi) is 5.31. The third-order valence-electron chi connectivity index (χ3n) is 3.10. The molecule has 1 aromatic heterocycles. The number of pyridine rings is 1. The molecule has 1 unspecified atom stereocenters. The number of hydrogen-bond acceptors (Lipinski definition) is 4. The van der Waals surface area contributed by atoms with Gasteiger partial charge in [0.2, 0.25) is 5.88 Å². The van der Waals surface area contributed by atoms with Crippen LogP contribution in [0, 0.1) is 0 Å². The molecule has 0 amide bonds. The van der Waals surface area contributed by atoms with Crippen molar-refractivity contribution in [2.24, 2.45) is 0 Å². The van der Waals surface area contributed by atoms with Gasteiger partial charge >= 0.3 is 0 Å². The van der Waals surface area contributed by atoms with Gasteiger partial charge in [0.15, 0.2) is 5.78 Å². The van der Waals surface area contributed by atoms with Gasteiger partial charge in [0.1, 0.15) is 5.75 Å². The molecule has 0 aliphatic heterocycles. The Balaban J connectivity index is 2.09. The second-order valence-corrected chi connectivity index (χ2v) is 5.17. The van der Waals surface area contributed by atoms with Gasteiger partial charge in [-0.2, -0.15) is 0 Å². The number of nitrogens with zero attached hydrogens (tertiary/aromatic N) is 1. The Hall–Kier alpha value is -2.62. The minimum atomic E-state index is -0.168. The van der Waals surface area contributed by atoms with Gasteiger partial charge in [-0.1, -0.05) is 31.2 Å². The quantitative estimate of drug-likeness (QED) is 0.634. The molecule has 1 aromatic carbocycles. The number of ketones is 1. The van der Waals surface area contributed by atoms with Gasteiger partial charge in [-0.3, -0.25) is 4.79 Å². The lowest BCUT2D eigenvalue weighted by molar-refractivity contribution is -0.112. The van der Waals surface area contributed by atoms with E-state index in [1.54, 1.807) is 6.07 Å². The molecule has 2 rings (SSSR count). The number of aliphatic hydroxyl groups is 1. The first kappa shape index (κ1) is 15.8. The Labute approximate surface area is 130 Å². The molecular formula is C18H19NO3. The van der Waals surface area contributed by atoms with E-state index in [0.717, 1.165) is 11.4 Å². The van der Waals surface area contributed by atoms with Gasteiger partial charge in [-0.25, -0.2) is 4.98 Å². The van der Waals surface area contributed by atoms with E-state index in [0.29, 0.717) is 12.3 Å². The molecule has 114 valence electrons. The molecule has 22 heavy (non-hydrogen) atoms. The first-order valence-corrected chi connectivity index (χ1v) is 7.14. The highest BCUT2D eigenvalue weighted by molar-refractivity contribution is 5.87. The van der Waals surface area contributed by atoms with Crippen molar-refractivity contribution in [3.05, 3.63) is 66.1 Å². The summed E-state index contributed by atoms with van der Waals surface area (Å²) < 4.78 is 5.70. The van der Waals surface area contributed by atoms with Gasteiger partial charge in [0, 0.05) is 30.2 Å². The third kappa shape index (κ3) is 4.74. The van der Waals surface area contributed by atoms with E-state index in [9.17, 15) is 9.90 Å². The van der Waals surface area contributed by atoms with Crippen molar-refractivity contribution in [1.82, 2.24) is 4.98 Å². The van der Waals surface area contributed by atoms with E-state index in [-0.39, 0.29) is 17.5 Å². The molecule has 0 saturated carbocycles. The summed E-state index contributed by atoms with van der Waals surface area (Å²) in [5, 5.41) is 9.74. The Morgan fingerprint density at radius 3 is 2.64 bits per heavy atom. The predicted octanol–water partition coefficient (Wildman–Crippen LogP) is 4.40. The molecule has 0 aliphatic carbocycles. The number of rotatable bonds is 6. The van der Waals surface area contributed by atoms with Gasteiger partial charge < -0.3 is 9.84 Å². The molecular weight excluding hydrogens is 278 g/mol. The van der Waals surface area contributed by atoms with Crippen molar-refractivity contribution in [2.45, 2.75) is 26.2 Å². The van der Waals surface area contributed by atoms with Crippen LogP contribution < -0.4 is 4.74 Å². The van der Waals surface area contributed by atoms with Gasteiger partial charge in [0.05, 0.1) is 5.76 Å². The van der Waals surface area contributed by atoms with E-state index in [1.807, 2.05) is 49.4 Å². The van der Waals surface area contributed by atoms with Crippen molar-refractivity contribution >= 4 is 5.78 Å². The van der Waals surface area contributed by atoms with Crippen molar-refractivity contribution in [2.75, 3.05) is 0 Å². The smallest absolute Gasteiger partial charge is 0.219 e. The number of hydrogen-bond donors (Lipinski definition) is 1. The number of aromatic nitrogens is 1. The highest BCUT2D eigenvalue weighted by atomic mass is 16.5. The molecule has 1 atom stereocenters. The first-order chi connectivity index (χ1) is 10.5. The van der Waals surface area contributed by atoms with E-state index in [1.165, 1.54) is 13.0 Å². The van der Waals surface area contributed by atoms with Crippen LogP contribution in [0.25, 0.3) is 0 Å². The highest BCUT2D eigenvalue weighted by Crippen LogP contribution is 2.24. The van der Waals surface area contributed by atoms with Crippen molar-refractivity contribution in [1.29, 1.82) is 0 Å². The number of aliphatic hydroxyl groups excluding tert-OH is 1. The van der Waals surface area contributed by atoms with Crippen LogP contribution in [-0.2, 0) is 4.79 Å². The minimum absolute atomic E-state index is 0.0186. The monoisotopic (exact) mass is 297 g/mol. The SMILES string of the molecule is CC(=O)C=C(O)CC(C)c1cccc(Oc2ccccc2)n1. The topological polar surface area (TPSA) is 59.4 Å². The fourth-order valence-electron chi connectivity index (χ4n) is 2.08. The molecule has 2 aromatic rings. The second-order valence-electron chi connectivity index (χ2n) is 5.17. The van der Waals surface area contributed by atoms with E-state index < -0.39 is 0 Å². The van der Waals surface area contributed by atoms with E-state index in [4.69, 9.17) is 4.74 Å². The van der Waals surface area contributed by atoms with Crippen molar-refractivity contribution < 1.29 is 14.6 Å². The lowest BCUT2D eigenvalue weighted by Gasteiger charge is -2.12. The van der Waals surface area contributed by atoms with Crippen molar-refractivity contribution in [3.8, 4) is 11.6 Å². The highest BCUT2D eigenvalue weighted by Gasteiger charge is 2.11. The summed E-state index contributed by atoms with van der Waals surface area (Å²) in [4.78, 5) is 15.4. The first-order valence-electron chi connectivity index (χ1n) is 7.14. The summed E-state index contributed by atoms with van der Waals surface area (Å²) >= 11 is 0. The summed E-state index contributed by atoms with van der Waals surface area (Å²) in [5.74, 6) is 1.11. The molecule has 0 bridgehead atoms. The van der Waals surface area contributed by atoms with Gasteiger partial charge in [0.25, 0.3) is 0 Å². The standard InChI is InChI=1S/C18H19NO3/c1-13(11-15(21)12-14(2)20)17-9-6-10-18(19-17)22-16-7-4-3-5-8-16/h3-10,12-13,21H,11H2,1-2H3. The molecule has 1 N–H and O–H groups in total. The number of benzene rings is 1. The second kappa shape index (κ2) is 7.41. The molecule has 0 saturated heterocycles. The molecule has 0 fully saturated rings. The Morgan fingerprint density at radius 2 is 1.95 bits per heavy atom. The molecule has 4 heteroatoms. The van der Waals surface area contributed by atoms with Crippen LogP contribution in [0.1, 0.15) is 31.9 Å². The average molecular weight is 297 g/mol. The van der Waals surface area contributed by atoms with Crippen LogP contribution >= 0.6 is 0 Å². The Morgan fingerprint density at radius 1 is 1.23 bits per heavy atom. The normalized spacial score (nSPS) is 12.7. The maximum atomic E-state index is 11.0. The minimum Gasteiger partial charge on any atom is -0.512 e. The van der Waals surface area contributed by atoms with Crippen LogP contribution in [0.2, 0.25) is 0 Å². The number of ether oxygens (including phenoxy) is 1. The zero-order valence-electron chi connectivity index (χ0n) is 12.7. The molecule has 1 heterocycles. The fourth-order valence-corrected chi connectivity index (χ4v) is 2.08. The summed E-state index contributed by atoms with van der Waals surface area (Å²) in [6.45, 7) is 3.35. The van der Waals surface area contributed by atoms with E-state index in [2.05, 4.69) is 4.98 Å². The number of carbonyl (C=O) groups excluding carboxylic acids is 1. The van der Waals surface area contributed by atoms with Gasteiger partial charge in [-0.05, 0) is 25.1 Å². The molecule has 0 aliphatic rings. The van der Waals surface area contributed by atoms with Gasteiger partial charge in [-0.15, -0.1) is 0 Å². The third-order valence-corrected chi connectivity index (χ3v) is 3.10. The Bertz CT molecular complexity index is 665. The lowest BCUT2D eigenvalue weighted by Crippen LogP contribution is -2.01.